The van der Waals surface area contributed by atoms with E-state index in [1.165, 1.54) is 4.90 Å². The van der Waals surface area contributed by atoms with Crippen molar-refractivity contribution in [2.24, 2.45) is 0 Å². The average Bonchev–Trinajstić information content (AvgIpc) is 3.10. The van der Waals surface area contributed by atoms with Crippen LogP contribution in [0.3, 0.4) is 0 Å². The van der Waals surface area contributed by atoms with Gasteiger partial charge in [0.25, 0.3) is 11.7 Å². The van der Waals surface area contributed by atoms with E-state index in [-0.39, 0.29) is 11.3 Å². The van der Waals surface area contributed by atoms with E-state index in [0.717, 1.165) is 27.5 Å². The number of aliphatic hydroxyl groups is 1. The number of carbonyl (C=O) groups excluding carboxylic acids is 2. The number of ketones is 1. The summed E-state index contributed by atoms with van der Waals surface area (Å²) in [7, 11) is 0. The quantitative estimate of drug-likeness (QED) is 0.242. The second kappa shape index (κ2) is 8.06. The highest BCUT2D eigenvalue weighted by atomic mass is 16.3. The summed E-state index contributed by atoms with van der Waals surface area (Å²) in [5, 5.41) is 13.3. The molecule has 162 valence electrons. The molecule has 1 aliphatic heterocycles. The highest BCUT2D eigenvalue weighted by Crippen LogP contribution is 2.43. The van der Waals surface area contributed by atoms with Gasteiger partial charge in [0.15, 0.2) is 0 Å². The van der Waals surface area contributed by atoms with E-state index in [4.69, 9.17) is 0 Å². The number of anilines is 1. The maximum atomic E-state index is 13.4. The molecule has 1 atom stereocenters. The molecule has 1 unspecified atom stereocenters. The first kappa shape index (κ1) is 20.7. The molecule has 4 nitrogen and oxygen atoms in total. The molecule has 1 fully saturated rings. The van der Waals surface area contributed by atoms with Crippen LogP contribution >= 0.6 is 0 Å². The summed E-state index contributed by atoms with van der Waals surface area (Å²) in [5.74, 6) is -1.48. The van der Waals surface area contributed by atoms with Gasteiger partial charge in [0.05, 0.1) is 11.6 Å². The van der Waals surface area contributed by atoms with Gasteiger partial charge in [0.1, 0.15) is 5.76 Å². The molecule has 4 aromatic carbocycles. The minimum Gasteiger partial charge on any atom is -0.507 e. The molecule has 0 aliphatic carbocycles. The van der Waals surface area contributed by atoms with Crippen LogP contribution in [0, 0.1) is 13.8 Å². The minimum atomic E-state index is -0.731. The highest BCUT2D eigenvalue weighted by Gasteiger charge is 2.47. The summed E-state index contributed by atoms with van der Waals surface area (Å²) in [6.45, 7) is 3.87. The molecule has 0 radical (unpaired) electrons. The Hall–Kier alpha value is -4.18. The molecule has 1 amide bonds. The molecule has 1 saturated heterocycles. The van der Waals surface area contributed by atoms with E-state index in [1.54, 1.807) is 6.07 Å². The zero-order chi connectivity index (χ0) is 23.1. The maximum Gasteiger partial charge on any atom is 0.300 e. The van der Waals surface area contributed by atoms with Crippen LogP contribution in [0.1, 0.15) is 28.3 Å². The second-order valence-corrected chi connectivity index (χ2v) is 8.40. The number of aliphatic hydroxyl groups excluding tert-OH is 1. The summed E-state index contributed by atoms with van der Waals surface area (Å²) in [6.07, 6.45) is 0. The number of nitrogens with zero attached hydrogens (tertiary/aromatic N) is 1. The second-order valence-electron chi connectivity index (χ2n) is 8.40. The van der Waals surface area contributed by atoms with E-state index in [0.29, 0.717) is 11.3 Å². The van der Waals surface area contributed by atoms with Crippen LogP contribution in [0.4, 0.5) is 5.69 Å². The van der Waals surface area contributed by atoms with E-state index in [1.807, 2.05) is 98.8 Å². The minimum absolute atomic E-state index is 0.100. The molecule has 0 saturated carbocycles. The van der Waals surface area contributed by atoms with Gasteiger partial charge in [-0.05, 0) is 47.4 Å². The van der Waals surface area contributed by atoms with Gasteiger partial charge < -0.3 is 5.11 Å². The molecule has 33 heavy (non-hydrogen) atoms. The Morgan fingerprint density at radius 2 is 1.52 bits per heavy atom. The lowest BCUT2D eigenvalue weighted by Gasteiger charge is -2.27. The smallest absolute Gasteiger partial charge is 0.300 e. The van der Waals surface area contributed by atoms with Crippen molar-refractivity contribution in [3.05, 3.63) is 119 Å². The van der Waals surface area contributed by atoms with Crippen LogP contribution in [-0.2, 0) is 9.59 Å². The maximum absolute atomic E-state index is 13.4. The fourth-order valence-electron chi connectivity index (χ4n) is 4.59. The van der Waals surface area contributed by atoms with Crippen molar-refractivity contribution in [2.75, 3.05) is 4.90 Å². The SMILES string of the molecule is Cc1ccc(C)c(N2C(=O)C(=O)/C(=C(\O)c3cccc4ccccc34)C2c2ccccc2)c1. The van der Waals surface area contributed by atoms with E-state index in [2.05, 4.69) is 0 Å². The van der Waals surface area contributed by atoms with Crippen LogP contribution in [-0.4, -0.2) is 16.8 Å². The molecular formula is C29H23NO3. The van der Waals surface area contributed by atoms with Crippen LogP contribution in [0.2, 0.25) is 0 Å². The highest BCUT2D eigenvalue weighted by molar-refractivity contribution is 6.52. The van der Waals surface area contributed by atoms with E-state index in [9.17, 15) is 14.7 Å². The van der Waals surface area contributed by atoms with Crippen molar-refractivity contribution < 1.29 is 14.7 Å². The molecule has 1 aliphatic rings. The number of amides is 1. The van der Waals surface area contributed by atoms with Gasteiger partial charge >= 0.3 is 0 Å². The van der Waals surface area contributed by atoms with Crippen LogP contribution in [0.5, 0.6) is 0 Å². The number of benzene rings is 4. The van der Waals surface area contributed by atoms with Gasteiger partial charge in [-0.1, -0.05) is 84.9 Å². The largest absolute Gasteiger partial charge is 0.507 e. The Kier molecular flexibility index (Phi) is 5.06. The Labute approximate surface area is 192 Å². The molecule has 4 aromatic rings. The molecule has 1 heterocycles. The van der Waals surface area contributed by atoms with Crippen molar-refractivity contribution in [1.82, 2.24) is 0 Å². The predicted molar refractivity (Wildman–Crippen MR) is 131 cm³/mol. The Morgan fingerprint density at radius 1 is 0.818 bits per heavy atom. The van der Waals surface area contributed by atoms with Crippen LogP contribution < -0.4 is 4.90 Å². The summed E-state index contributed by atoms with van der Waals surface area (Å²) in [4.78, 5) is 28.3. The third kappa shape index (κ3) is 3.40. The number of fused-ring (bicyclic) bond motifs is 1. The molecule has 5 rings (SSSR count). The number of rotatable bonds is 3. The molecule has 1 N–H and O–H groups in total. The van der Waals surface area contributed by atoms with Crippen molar-refractivity contribution in [2.45, 2.75) is 19.9 Å². The van der Waals surface area contributed by atoms with E-state index < -0.39 is 17.7 Å². The number of carbonyl (C=O) groups is 2. The van der Waals surface area contributed by atoms with Gasteiger partial charge in [-0.3, -0.25) is 14.5 Å². The number of aryl methyl sites for hydroxylation is 2. The van der Waals surface area contributed by atoms with Gasteiger partial charge in [-0.2, -0.15) is 0 Å². The lowest BCUT2D eigenvalue weighted by atomic mass is 9.93. The average molecular weight is 434 g/mol. The standard InChI is InChI=1S/C29H23NO3/c1-18-15-16-19(2)24(17-18)30-26(21-10-4-3-5-11-21)25(28(32)29(30)33)27(31)23-14-8-12-20-9-6-7-13-22(20)23/h3-17,26,31H,1-2H3/b27-25-. The number of hydrogen-bond donors (Lipinski definition) is 1. The van der Waals surface area contributed by atoms with Crippen molar-refractivity contribution in [1.29, 1.82) is 0 Å². The summed E-state index contributed by atoms with van der Waals surface area (Å²) in [5.41, 5.74) is 3.94. The topological polar surface area (TPSA) is 57.6 Å². The van der Waals surface area contributed by atoms with Gasteiger partial charge in [0, 0.05) is 11.3 Å². The summed E-state index contributed by atoms with van der Waals surface area (Å²) < 4.78 is 0. The Balaban J connectivity index is 1.80. The van der Waals surface area contributed by atoms with Gasteiger partial charge in [-0.15, -0.1) is 0 Å². The lowest BCUT2D eigenvalue weighted by molar-refractivity contribution is -0.132. The Bertz CT molecular complexity index is 1430. The third-order valence-electron chi connectivity index (χ3n) is 6.23. The van der Waals surface area contributed by atoms with Gasteiger partial charge in [0.2, 0.25) is 0 Å². The van der Waals surface area contributed by atoms with Crippen LogP contribution in [0.15, 0.2) is 96.6 Å². The molecular weight excluding hydrogens is 410 g/mol. The molecule has 0 spiro atoms. The summed E-state index contributed by atoms with van der Waals surface area (Å²) in [6, 6.07) is 27.7. The summed E-state index contributed by atoms with van der Waals surface area (Å²) >= 11 is 0. The van der Waals surface area contributed by atoms with E-state index >= 15 is 0 Å². The lowest BCUT2D eigenvalue weighted by Crippen LogP contribution is -2.30. The number of hydrogen-bond acceptors (Lipinski definition) is 3. The predicted octanol–water partition coefficient (Wildman–Crippen LogP) is 6.08. The molecule has 4 heteroatoms. The van der Waals surface area contributed by atoms with Crippen LogP contribution in [0.25, 0.3) is 16.5 Å². The molecule has 0 aromatic heterocycles. The third-order valence-corrected chi connectivity index (χ3v) is 6.23. The molecule has 0 bridgehead atoms. The zero-order valence-corrected chi connectivity index (χ0v) is 18.4. The number of Topliss-reactive ketones (excluding diaryl/α,β-unsaturated/α-hetero) is 1. The van der Waals surface area contributed by atoms with Crippen molar-refractivity contribution >= 4 is 33.9 Å². The normalized spacial score (nSPS) is 17.6. The monoisotopic (exact) mass is 433 g/mol. The first-order chi connectivity index (χ1) is 16.0. The first-order valence-corrected chi connectivity index (χ1v) is 10.9. The Morgan fingerprint density at radius 3 is 2.30 bits per heavy atom. The fraction of sp³-hybridized carbons (Fsp3) is 0.103. The van der Waals surface area contributed by atoms with Crippen molar-refractivity contribution in [3.63, 3.8) is 0 Å². The first-order valence-electron chi connectivity index (χ1n) is 10.9. The zero-order valence-electron chi connectivity index (χ0n) is 18.4. The van der Waals surface area contributed by atoms with Crippen molar-refractivity contribution in [3.8, 4) is 0 Å². The fourth-order valence-corrected chi connectivity index (χ4v) is 4.59. The van der Waals surface area contributed by atoms with Gasteiger partial charge in [-0.25, -0.2) is 0 Å².